The van der Waals surface area contributed by atoms with Gasteiger partial charge in [-0.1, -0.05) is 19.8 Å². The van der Waals surface area contributed by atoms with Crippen LogP contribution in [0.25, 0.3) is 0 Å². The number of unbranched alkanes of at least 4 members (excludes halogenated alkanes) is 2. The van der Waals surface area contributed by atoms with Gasteiger partial charge in [0.25, 0.3) is 0 Å². The van der Waals surface area contributed by atoms with E-state index in [1.807, 2.05) is 4.90 Å². The molecule has 0 aromatic rings. The van der Waals surface area contributed by atoms with Gasteiger partial charge in [0.05, 0.1) is 0 Å². The van der Waals surface area contributed by atoms with Crippen molar-refractivity contribution in [2.24, 2.45) is 5.92 Å². The molecule has 0 spiro atoms. The summed E-state index contributed by atoms with van der Waals surface area (Å²) in [6, 6.07) is 0. The van der Waals surface area contributed by atoms with Crippen molar-refractivity contribution in [1.82, 2.24) is 4.90 Å². The molecule has 0 saturated carbocycles. The molecule has 16 heavy (non-hydrogen) atoms. The molecule has 0 aliphatic carbocycles. The molecule has 1 saturated heterocycles. The Labute approximate surface area is 96.6 Å². The Hall–Kier alpha value is -1.06. The van der Waals surface area contributed by atoms with Crippen LogP contribution in [-0.4, -0.2) is 35.0 Å². The molecule has 1 aliphatic heterocycles. The number of likely N-dealkylation sites (tertiary alicyclic amines) is 1. The lowest BCUT2D eigenvalue weighted by atomic mass is 10.1. The molecule has 0 radical (unpaired) electrons. The third-order valence-corrected chi connectivity index (χ3v) is 3.19. The molecule has 4 heteroatoms. The van der Waals surface area contributed by atoms with Crippen molar-refractivity contribution in [2.75, 3.05) is 13.1 Å². The summed E-state index contributed by atoms with van der Waals surface area (Å²) in [4.78, 5) is 23.8. The van der Waals surface area contributed by atoms with Crippen molar-refractivity contribution in [1.29, 1.82) is 0 Å². The van der Waals surface area contributed by atoms with Crippen LogP contribution in [0.3, 0.4) is 0 Å². The lowest BCUT2D eigenvalue weighted by molar-refractivity contribution is -0.137. The van der Waals surface area contributed by atoms with Crippen molar-refractivity contribution < 1.29 is 14.7 Å². The van der Waals surface area contributed by atoms with Crippen LogP contribution in [0.1, 0.15) is 45.4 Å². The minimum absolute atomic E-state index is 0.242. The van der Waals surface area contributed by atoms with Gasteiger partial charge >= 0.3 is 5.97 Å². The van der Waals surface area contributed by atoms with Gasteiger partial charge in [0.2, 0.25) is 5.91 Å². The molecule has 0 bridgehead atoms. The van der Waals surface area contributed by atoms with Crippen molar-refractivity contribution in [3.63, 3.8) is 0 Å². The molecule has 1 aliphatic rings. The number of rotatable bonds is 7. The molecule has 1 heterocycles. The molecule has 0 aromatic heterocycles. The average molecular weight is 227 g/mol. The lowest BCUT2D eigenvalue weighted by Gasteiger charge is -2.15. The van der Waals surface area contributed by atoms with E-state index in [0.29, 0.717) is 18.8 Å². The van der Waals surface area contributed by atoms with Gasteiger partial charge < -0.3 is 10.0 Å². The Morgan fingerprint density at radius 2 is 2.19 bits per heavy atom. The van der Waals surface area contributed by atoms with Gasteiger partial charge in [0, 0.05) is 25.9 Å². The molecular formula is C12H21NO3. The maximum atomic E-state index is 11.5. The van der Waals surface area contributed by atoms with Crippen molar-refractivity contribution in [3.05, 3.63) is 0 Å². The van der Waals surface area contributed by atoms with Crippen molar-refractivity contribution in [3.8, 4) is 0 Å². The molecule has 1 rings (SSSR count). The first kappa shape index (κ1) is 13.0. The highest BCUT2D eigenvalue weighted by molar-refractivity contribution is 5.78. The highest BCUT2D eigenvalue weighted by Gasteiger charge is 2.27. The highest BCUT2D eigenvalue weighted by atomic mass is 16.4. The minimum Gasteiger partial charge on any atom is -0.481 e. The van der Waals surface area contributed by atoms with Crippen LogP contribution >= 0.6 is 0 Å². The normalized spacial score (nSPS) is 20.4. The second kappa shape index (κ2) is 6.51. The number of hydrogen-bond acceptors (Lipinski definition) is 2. The summed E-state index contributed by atoms with van der Waals surface area (Å²) in [5.74, 6) is 0.0694. The van der Waals surface area contributed by atoms with Gasteiger partial charge in [-0.2, -0.15) is 0 Å². The summed E-state index contributed by atoms with van der Waals surface area (Å²) in [5.41, 5.74) is 0. The number of carboxylic acids is 1. The summed E-state index contributed by atoms with van der Waals surface area (Å²) in [7, 11) is 0. The van der Waals surface area contributed by atoms with Gasteiger partial charge in [-0.25, -0.2) is 0 Å². The molecule has 0 aromatic carbocycles. The topological polar surface area (TPSA) is 57.6 Å². The smallest absolute Gasteiger partial charge is 0.303 e. The fourth-order valence-electron chi connectivity index (χ4n) is 2.10. The second-order valence-electron chi connectivity index (χ2n) is 4.52. The van der Waals surface area contributed by atoms with Gasteiger partial charge in [-0.15, -0.1) is 0 Å². The lowest BCUT2D eigenvalue weighted by Crippen LogP contribution is -2.26. The maximum Gasteiger partial charge on any atom is 0.303 e. The van der Waals surface area contributed by atoms with Crippen LogP contribution in [-0.2, 0) is 9.59 Å². The number of hydrogen-bond donors (Lipinski definition) is 1. The second-order valence-corrected chi connectivity index (χ2v) is 4.52. The first-order valence-electron chi connectivity index (χ1n) is 6.13. The standard InChI is InChI=1S/C12H21NO3/c1-2-10-8-11(14)13(9-10)7-5-3-4-6-12(15)16/h10H,2-9H2,1H3,(H,15,16). The SMILES string of the molecule is CCC1CC(=O)N(CCCCCC(=O)O)C1. The number of carbonyl (C=O) groups excluding carboxylic acids is 1. The van der Waals surface area contributed by atoms with Crippen LogP contribution in [0, 0.1) is 5.92 Å². The number of carbonyl (C=O) groups is 2. The molecule has 92 valence electrons. The number of nitrogens with zero attached hydrogens (tertiary/aromatic N) is 1. The molecule has 1 atom stereocenters. The predicted octanol–water partition coefficient (Wildman–Crippen LogP) is 1.89. The molecule has 1 unspecified atom stereocenters. The van der Waals surface area contributed by atoms with Crippen LogP contribution in [0.5, 0.6) is 0 Å². The summed E-state index contributed by atoms with van der Waals surface area (Å²) < 4.78 is 0. The summed E-state index contributed by atoms with van der Waals surface area (Å²) in [6.07, 6.45) is 4.55. The van der Waals surface area contributed by atoms with E-state index in [1.54, 1.807) is 0 Å². The summed E-state index contributed by atoms with van der Waals surface area (Å²) >= 11 is 0. The van der Waals surface area contributed by atoms with E-state index < -0.39 is 5.97 Å². The molecule has 1 N–H and O–H groups in total. The molecule has 4 nitrogen and oxygen atoms in total. The zero-order valence-corrected chi connectivity index (χ0v) is 9.95. The fraction of sp³-hybridized carbons (Fsp3) is 0.833. The first-order chi connectivity index (χ1) is 7.63. The van der Waals surface area contributed by atoms with Gasteiger partial charge in [0.1, 0.15) is 0 Å². The number of amides is 1. The fourth-order valence-corrected chi connectivity index (χ4v) is 2.10. The Bertz CT molecular complexity index is 253. The van der Waals surface area contributed by atoms with Crippen molar-refractivity contribution in [2.45, 2.75) is 45.4 Å². The van der Waals surface area contributed by atoms with E-state index in [9.17, 15) is 9.59 Å². The average Bonchev–Trinajstić information content (AvgIpc) is 2.59. The summed E-state index contributed by atoms with van der Waals surface area (Å²) in [6.45, 7) is 3.82. The largest absolute Gasteiger partial charge is 0.481 e. The first-order valence-corrected chi connectivity index (χ1v) is 6.13. The zero-order chi connectivity index (χ0) is 12.0. The Morgan fingerprint density at radius 1 is 1.44 bits per heavy atom. The van der Waals surface area contributed by atoms with Gasteiger partial charge in [-0.3, -0.25) is 9.59 Å². The quantitative estimate of drug-likeness (QED) is 0.676. The minimum atomic E-state index is -0.733. The van der Waals surface area contributed by atoms with E-state index in [-0.39, 0.29) is 12.3 Å². The highest BCUT2D eigenvalue weighted by Crippen LogP contribution is 2.20. The Kier molecular flexibility index (Phi) is 5.29. The van der Waals surface area contributed by atoms with E-state index in [0.717, 1.165) is 32.4 Å². The van der Waals surface area contributed by atoms with Crippen LogP contribution in [0.15, 0.2) is 0 Å². The monoisotopic (exact) mass is 227 g/mol. The number of aliphatic carboxylic acids is 1. The van der Waals surface area contributed by atoms with Crippen LogP contribution in [0.4, 0.5) is 0 Å². The third-order valence-electron chi connectivity index (χ3n) is 3.19. The zero-order valence-electron chi connectivity index (χ0n) is 9.95. The van der Waals surface area contributed by atoms with Gasteiger partial charge in [0.15, 0.2) is 0 Å². The molecular weight excluding hydrogens is 206 g/mol. The molecule has 1 fully saturated rings. The van der Waals surface area contributed by atoms with Crippen LogP contribution < -0.4 is 0 Å². The van der Waals surface area contributed by atoms with E-state index >= 15 is 0 Å². The van der Waals surface area contributed by atoms with E-state index in [1.165, 1.54) is 0 Å². The molecule has 1 amide bonds. The number of carboxylic acid groups (broad SMARTS) is 1. The predicted molar refractivity (Wildman–Crippen MR) is 61.1 cm³/mol. The Balaban J connectivity index is 2.09. The Morgan fingerprint density at radius 3 is 2.75 bits per heavy atom. The van der Waals surface area contributed by atoms with Crippen LogP contribution in [0.2, 0.25) is 0 Å². The van der Waals surface area contributed by atoms with Gasteiger partial charge in [-0.05, 0) is 18.8 Å². The van der Waals surface area contributed by atoms with E-state index in [2.05, 4.69) is 6.92 Å². The summed E-state index contributed by atoms with van der Waals surface area (Å²) in [5, 5.41) is 8.47. The van der Waals surface area contributed by atoms with E-state index in [4.69, 9.17) is 5.11 Å². The third kappa shape index (κ3) is 4.21. The van der Waals surface area contributed by atoms with Crippen molar-refractivity contribution >= 4 is 11.9 Å². The maximum absolute atomic E-state index is 11.5.